The summed E-state index contributed by atoms with van der Waals surface area (Å²) in [6.45, 7) is 7.71. The maximum atomic E-state index is 13.4. The Morgan fingerprint density at radius 1 is 1.03 bits per heavy atom. The van der Waals surface area contributed by atoms with Crippen LogP contribution in [0.2, 0.25) is 0 Å². The van der Waals surface area contributed by atoms with Crippen molar-refractivity contribution < 1.29 is 14.4 Å². The van der Waals surface area contributed by atoms with Gasteiger partial charge in [0.2, 0.25) is 0 Å². The van der Waals surface area contributed by atoms with Crippen LogP contribution in [0.1, 0.15) is 56.9 Å². The van der Waals surface area contributed by atoms with Crippen molar-refractivity contribution in [2.24, 2.45) is 0 Å². The average molecular weight is 499 g/mol. The molecule has 0 bridgehead atoms. The minimum Gasteiger partial charge on any atom is -0.308 e. The van der Waals surface area contributed by atoms with Crippen LogP contribution in [0.25, 0.3) is 11.1 Å². The number of aryl methyl sites for hydroxylation is 4. The molecule has 0 radical (unpaired) electrons. The molecule has 1 aromatic carbocycles. The predicted octanol–water partition coefficient (Wildman–Crippen LogP) is 5.19. The summed E-state index contributed by atoms with van der Waals surface area (Å²) in [5.74, 6) is -1.39. The van der Waals surface area contributed by atoms with Crippen molar-refractivity contribution in [3.05, 3.63) is 73.9 Å². The van der Waals surface area contributed by atoms with E-state index in [9.17, 15) is 19.6 Å². The molecule has 1 aliphatic heterocycles. The number of carbonyl (C=O) groups excluding carboxylic acids is 3. The molecule has 0 atom stereocenters. The van der Waals surface area contributed by atoms with Crippen LogP contribution >= 0.6 is 11.3 Å². The van der Waals surface area contributed by atoms with Gasteiger partial charge in [-0.3, -0.25) is 14.9 Å². The van der Waals surface area contributed by atoms with E-state index in [-0.39, 0.29) is 5.57 Å². The van der Waals surface area contributed by atoms with E-state index in [0.717, 1.165) is 63.7 Å². The molecular weight excluding hydrogens is 472 g/mol. The molecule has 3 aromatic rings. The molecule has 0 unspecified atom stereocenters. The van der Waals surface area contributed by atoms with E-state index in [0.29, 0.717) is 16.8 Å². The van der Waals surface area contributed by atoms with Crippen LogP contribution in [-0.4, -0.2) is 22.4 Å². The smallest absolute Gasteiger partial charge is 0.308 e. The molecule has 0 saturated carbocycles. The Balaban J connectivity index is 1.57. The van der Waals surface area contributed by atoms with Gasteiger partial charge in [-0.2, -0.15) is 5.26 Å². The first-order chi connectivity index (χ1) is 17.2. The molecule has 2 aliphatic rings. The van der Waals surface area contributed by atoms with Crippen LogP contribution < -0.4 is 10.2 Å². The highest BCUT2D eigenvalue weighted by atomic mass is 32.1. The van der Waals surface area contributed by atoms with Crippen LogP contribution in [-0.2, 0) is 22.4 Å². The molecule has 36 heavy (non-hydrogen) atoms. The van der Waals surface area contributed by atoms with Crippen LogP contribution in [0.4, 0.5) is 10.5 Å². The summed E-state index contributed by atoms with van der Waals surface area (Å²) in [6, 6.07) is 8.84. The van der Waals surface area contributed by atoms with Gasteiger partial charge < -0.3 is 4.57 Å². The number of nitriles is 1. The first-order valence-corrected chi connectivity index (χ1v) is 12.8. The van der Waals surface area contributed by atoms with Gasteiger partial charge in [0.05, 0.1) is 11.3 Å². The number of thiophene rings is 1. The lowest BCUT2D eigenvalue weighted by molar-refractivity contribution is -0.122. The number of amides is 4. The van der Waals surface area contributed by atoms with Gasteiger partial charge in [-0.05, 0) is 99.9 Å². The summed E-state index contributed by atoms with van der Waals surface area (Å²) >= 11 is 1.65. The molecule has 7 nitrogen and oxygen atoms in total. The van der Waals surface area contributed by atoms with Crippen molar-refractivity contribution in [3.63, 3.8) is 0 Å². The fourth-order valence-corrected chi connectivity index (χ4v) is 6.43. The van der Waals surface area contributed by atoms with Gasteiger partial charge in [0, 0.05) is 16.3 Å². The van der Waals surface area contributed by atoms with Crippen LogP contribution in [0, 0.1) is 39.0 Å². The van der Waals surface area contributed by atoms with Crippen LogP contribution in [0.15, 0.2) is 29.8 Å². The van der Waals surface area contributed by atoms with E-state index in [4.69, 9.17) is 0 Å². The molecule has 3 heterocycles. The number of carbonyl (C=O) groups is 3. The first kappa shape index (κ1) is 23.8. The highest BCUT2D eigenvalue weighted by Gasteiger charge is 2.37. The number of anilines is 1. The summed E-state index contributed by atoms with van der Waals surface area (Å²) in [7, 11) is 0. The quantitative estimate of drug-likeness (QED) is 0.397. The number of benzene rings is 1. The lowest BCUT2D eigenvalue weighted by Crippen LogP contribution is -2.54. The molecule has 182 valence electrons. The number of fused-ring (bicyclic) bond motifs is 1. The SMILES string of the molecule is Cc1ccc(N2C(=O)NC(=O)/C(=C\c3cc(C)n(-c4sc5c(c4C#N)CCCC5)c3C)C2=O)cc1C. The summed E-state index contributed by atoms with van der Waals surface area (Å²) in [6.07, 6.45) is 5.66. The van der Waals surface area contributed by atoms with Gasteiger partial charge in [-0.25, -0.2) is 9.69 Å². The molecule has 1 aliphatic carbocycles. The highest BCUT2D eigenvalue weighted by molar-refractivity contribution is 7.15. The largest absolute Gasteiger partial charge is 0.335 e. The number of rotatable bonds is 3. The Hall–Kier alpha value is -3.96. The van der Waals surface area contributed by atoms with E-state index in [1.807, 2.05) is 44.4 Å². The number of nitrogens with one attached hydrogen (secondary N) is 1. The van der Waals surface area contributed by atoms with E-state index in [1.54, 1.807) is 23.5 Å². The van der Waals surface area contributed by atoms with Crippen LogP contribution in [0.5, 0.6) is 0 Å². The molecule has 8 heteroatoms. The molecule has 1 saturated heterocycles. The van der Waals surface area contributed by atoms with E-state index < -0.39 is 17.8 Å². The minimum atomic E-state index is -0.765. The fraction of sp³-hybridized carbons (Fsp3) is 0.286. The van der Waals surface area contributed by atoms with Crippen molar-refractivity contribution >= 4 is 40.9 Å². The topological polar surface area (TPSA) is 95.2 Å². The van der Waals surface area contributed by atoms with Crippen molar-refractivity contribution in [3.8, 4) is 11.1 Å². The Morgan fingerprint density at radius 2 is 1.78 bits per heavy atom. The third kappa shape index (κ3) is 3.76. The number of barbiturate groups is 1. The predicted molar refractivity (Wildman–Crippen MR) is 139 cm³/mol. The van der Waals surface area contributed by atoms with E-state index >= 15 is 0 Å². The van der Waals surface area contributed by atoms with Gasteiger partial charge >= 0.3 is 6.03 Å². The average Bonchev–Trinajstić information content (AvgIpc) is 3.34. The molecule has 1 fully saturated rings. The maximum Gasteiger partial charge on any atom is 0.335 e. The molecule has 1 N–H and O–H groups in total. The maximum absolute atomic E-state index is 13.4. The summed E-state index contributed by atoms with van der Waals surface area (Å²) in [5, 5.41) is 13.1. The summed E-state index contributed by atoms with van der Waals surface area (Å²) in [4.78, 5) is 41.0. The summed E-state index contributed by atoms with van der Waals surface area (Å²) in [5.41, 5.74) is 6.56. The first-order valence-electron chi connectivity index (χ1n) is 11.9. The normalized spacial score (nSPS) is 16.8. The van der Waals surface area contributed by atoms with Crippen molar-refractivity contribution in [1.29, 1.82) is 5.26 Å². The van der Waals surface area contributed by atoms with Crippen LogP contribution in [0.3, 0.4) is 0 Å². The number of hydrogen-bond acceptors (Lipinski definition) is 5. The minimum absolute atomic E-state index is 0.112. The number of hydrogen-bond donors (Lipinski definition) is 1. The second-order valence-electron chi connectivity index (χ2n) is 9.39. The van der Waals surface area contributed by atoms with E-state index in [2.05, 4.69) is 11.4 Å². The molecule has 0 spiro atoms. The number of urea groups is 1. The third-order valence-electron chi connectivity index (χ3n) is 7.09. The molecule has 4 amide bonds. The second kappa shape index (κ2) is 8.92. The van der Waals surface area contributed by atoms with Gasteiger partial charge in [-0.15, -0.1) is 11.3 Å². The van der Waals surface area contributed by atoms with Gasteiger partial charge in [0.15, 0.2) is 0 Å². The Bertz CT molecular complexity index is 1530. The Morgan fingerprint density at radius 3 is 2.50 bits per heavy atom. The van der Waals surface area contributed by atoms with Crippen molar-refractivity contribution in [2.45, 2.75) is 53.4 Å². The molecular formula is C28H26N4O3S. The number of imide groups is 2. The van der Waals surface area contributed by atoms with Crippen molar-refractivity contribution in [2.75, 3.05) is 4.90 Å². The molecule has 2 aromatic heterocycles. The zero-order valence-corrected chi connectivity index (χ0v) is 21.5. The highest BCUT2D eigenvalue weighted by Crippen LogP contribution is 2.38. The number of nitrogens with zero attached hydrogens (tertiary/aromatic N) is 3. The Labute approximate surface area is 213 Å². The van der Waals surface area contributed by atoms with Gasteiger partial charge in [0.25, 0.3) is 11.8 Å². The lowest BCUT2D eigenvalue weighted by Gasteiger charge is -2.26. The summed E-state index contributed by atoms with van der Waals surface area (Å²) < 4.78 is 2.03. The fourth-order valence-electron chi connectivity index (χ4n) is 4.98. The number of aromatic nitrogens is 1. The second-order valence-corrected chi connectivity index (χ2v) is 10.5. The standard InChI is InChI=1S/C28H26N4O3S/c1-15-9-10-20(11-16(15)2)32-26(34)22(25(33)30-28(32)35)13-19-12-17(3)31(18(19)4)27-23(14-29)21-7-5-6-8-24(21)36-27/h9-13H,5-8H2,1-4H3,(H,30,33,35)/b22-13+. The van der Waals surface area contributed by atoms with Gasteiger partial charge in [0.1, 0.15) is 16.6 Å². The van der Waals surface area contributed by atoms with E-state index in [1.165, 1.54) is 11.0 Å². The van der Waals surface area contributed by atoms with Gasteiger partial charge in [-0.1, -0.05) is 6.07 Å². The van der Waals surface area contributed by atoms with Crippen molar-refractivity contribution in [1.82, 2.24) is 9.88 Å². The monoisotopic (exact) mass is 498 g/mol. The zero-order chi connectivity index (χ0) is 25.7. The molecule has 5 rings (SSSR count). The third-order valence-corrected chi connectivity index (χ3v) is 8.37. The Kier molecular flexibility index (Phi) is 5.89. The lowest BCUT2D eigenvalue weighted by atomic mass is 9.96. The zero-order valence-electron chi connectivity index (χ0n) is 20.7.